The Labute approximate surface area is 110 Å². The molecule has 2 unspecified atom stereocenters. The van der Waals surface area contributed by atoms with Gasteiger partial charge in [0.2, 0.25) is 0 Å². The third-order valence-corrected chi connectivity index (χ3v) is 4.04. The minimum atomic E-state index is -1.28. The number of aliphatic hydroxyl groups is 1. The van der Waals surface area contributed by atoms with Crippen molar-refractivity contribution in [3.63, 3.8) is 0 Å². The summed E-state index contributed by atoms with van der Waals surface area (Å²) in [4.78, 5) is 0. The lowest BCUT2D eigenvalue weighted by Crippen LogP contribution is -2.39. The highest BCUT2D eigenvalue weighted by molar-refractivity contribution is 5.40. The van der Waals surface area contributed by atoms with Gasteiger partial charge in [-0.25, -0.2) is 8.78 Å². The van der Waals surface area contributed by atoms with Gasteiger partial charge >= 0.3 is 0 Å². The number of rotatable bonds is 2. The molecule has 2 bridgehead atoms. The second-order valence-corrected chi connectivity index (χ2v) is 5.37. The Morgan fingerprint density at radius 2 is 1.89 bits per heavy atom. The van der Waals surface area contributed by atoms with E-state index in [0.717, 1.165) is 25.0 Å². The standard InChI is InChI=1S/C14H16F2O3/c1-18-13-11(4-8(15)5-12(13)16)14(17)6-9-2-3-10(7-14)19-9/h4-5,9-10,17H,2-3,6-7H2,1H3. The predicted molar refractivity (Wildman–Crippen MR) is 63.9 cm³/mol. The van der Waals surface area contributed by atoms with Crippen molar-refractivity contribution in [2.24, 2.45) is 0 Å². The van der Waals surface area contributed by atoms with E-state index in [4.69, 9.17) is 9.47 Å². The van der Waals surface area contributed by atoms with Crippen molar-refractivity contribution in [1.82, 2.24) is 0 Å². The van der Waals surface area contributed by atoms with Crippen LogP contribution in [-0.4, -0.2) is 24.4 Å². The third kappa shape index (κ3) is 2.11. The molecule has 2 fully saturated rings. The molecule has 3 rings (SSSR count). The highest BCUT2D eigenvalue weighted by Gasteiger charge is 2.46. The van der Waals surface area contributed by atoms with E-state index < -0.39 is 17.2 Å². The van der Waals surface area contributed by atoms with Crippen LogP contribution in [0.2, 0.25) is 0 Å². The van der Waals surface area contributed by atoms with Crippen LogP contribution in [0.3, 0.4) is 0 Å². The van der Waals surface area contributed by atoms with Crippen LogP contribution in [0.4, 0.5) is 8.78 Å². The summed E-state index contributed by atoms with van der Waals surface area (Å²) in [7, 11) is 1.32. The molecule has 2 atom stereocenters. The Morgan fingerprint density at radius 3 is 2.47 bits per heavy atom. The van der Waals surface area contributed by atoms with Crippen LogP contribution in [0.15, 0.2) is 12.1 Å². The van der Waals surface area contributed by atoms with E-state index in [1.54, 1.807) is 0 Å². The first kappa shape index (κ1) is 12.8. The molecule has 19 heavy (non-hydrogen) atoms. The molecule has 0 amide bonds. The zero-order valence-electron chi connectivity index (χ0n) is 10.7. The maximum atomic E-state index is 13.7. The minimum absolute atomic E-state index is 0.0419. The van der Waals surface area contributed by atoms with E-state index >= 15 is 0 Å². The second-order valence-electron chi connectivity index (χ2n) is 5.37. The molecule has 3 nitrogen and oxygen atoms in total. The molecular formula is C14H16F2O3. The average molecular weight is 270 g/mol. The Morgan fingerprint density at radius 1 is 1.26 bits per heavy atom. The van der Waals surface area contributed by atoms with E-state index in [0.29, 0.717) is 12.8 Å². The second kappa shape index (κ2) is 4.42. The molecule has 2 heterocycles. The predicted octanol–water partition coefficient (Wildman–Crippen LogP) is 2.50. The molecule has 2 aliphatic rings. The van der Waals surface area contributed by atoms with Gasteiger partial charge < -0.3 is 14.6 Å². The van der Waals surface area contributed by atoms with Crippen molar-refractivity contribution >= 4 is 0 Å². The first-order valence-electron chi connectivity index (χ1n) is 6.43. The van der Waals surface area contributed by atoms with Crippen LogP contribution in [0, 0.1) is 11.6 Å². The van der Waals surface area contributed by atoms with Crippen LogP contribution in [-0.2, 0) is 10.3 Å². The number of halogens is 2. The molecule has 104 valence electrons. The molecule has 0 aromatic heterocycles. The summed E-state index contributed by atoms with van der Waals surface area (Å²) >= 11 is 0. The molecule has 0 radical (unpaired) electrons. The zero-order valence-corrected chi connectivity index (χ0v) is 10.7. The Balaban J connectivity index is 2.05. The number of hydrogen-bond acceptors (Lipinski definition) is 3. The molecule has 2 saturated heterocycles. The maximum absolute atomic E-state index is 13.7. The molecule has 0 spiro atoms. The van der Waals surface area contributed by atoms with Crippen molar-refractivity contribution in [2.75, 3.05) is 7.11 Å². The quantitative estimate of drug-likeness (QED) is 0.897. The average Bonchev–Trinajstić information content (AvgIpc) is 2.68. The van der Waals surface area contributed by atoms with Gasteiger partial charge in [0.05, 0.1) is 24.9 Å². The van der Waals surface area contributed by atoms with Crippen molar-refractivity contribution in [1.29, 1.82) is 0 Å². The SMILES string of the molecule is COc1c(F)cc(F)cc1C1(O)CC2CCC(C1)O2. The lowest BCUT2D eigenvalue weighted by molar-refractivity contribution is -0.116. The maximum Gasteiger partial charge on any atom is 0.168 e. The van der Waals surface area contributed by atoms with Crippen LogP contribution in [0.5, 0.6) is 5.75 Å². The summed E-state index contributed by atoms with van der Waals surface area (Å²) in [5.41, 5.74) is -1.09. The van der Waals surface area contributed by atoms with Gasteiger partial charge in [-0.15, -0.1) is 0 Å². The number of ether oxygens (including phenoxy) is 2. The van der Waals surface area contributed by atoms with E-state index in [1.807, 2.05) is 0 Å². The highest BCUT2D eigenvalue weighted by Crippen LogP contribution is 2.47. The van der Waals surface area contributed by atoms with Crippen LogP contribution >= 0.6 is 0 Å². The van der Waals surface area contributed by atoms with E-state index in [-0.39, 0.29) is 23.5 Å². The van der Waals surface area contributed by atoms with Gasteiger partial charge in [0.15, 0.2) is 11.6 Å². The van der Waals surface area contributed by atoms with Crippen LogP contribution < -0.4 is 4.74 Å². The van der Waals surface area contributed by atoms with Gasteiger partial charge in [-0.1, -0.05) is 0 Å². The summed E-state index contributed by atoms with van der Waals surface area (Å²) < 4.78 is 37.8. The van der Waals surface area contributed by atoms with Gasteiger partial charge in [0.1, 0.15) is 5.82 Å². The summed E-state index contributed by atoms with van der Waals surface area (Å²) in [6.07, 6.45) is 2.38. The van der Waals surface area contributed by atoms with Crippen molar-refractivity contribution < 1.29 is 23.4 Å². The molecule has 0 saturated carbocycles. The van der Waals surface area contributed by atoms with Gasteiger partial charge in [-0.05, 0) is 18.9 Å². The largest absolute Gasteiger partial charge is 0.493 e. The first-order valence-corrected chi connectivity index (χ1v) is 6.43. The van der Waals surface area contributed by atoms with E-state index in [2.05, 4.69) is 0 Å². The fraction of sp³-hybridized carbons (Fsp3) is 0.571. The minimum Gasteiger partial charge on any atom is -0.493 e. The highest BCUT2D eigenvalue weighted by atomic mass is 19.1. The molecule has 5 heteroatoms. The number of hydrogen-bond donors (Lipinski definition) is 1. The molecular weight excluding hydrogens is 254 g/mol. The van der Waals surface area contributed by atoms with Gasteiger partial charge in [0.25, 0.3) is 0 Å². The summed E-state index contributed by atoms with van der Waals surface area (Å²) in [6.45, 7) is 0. The van der Waals surface area contributed by atoms with Crippen LogP contribution in [0.1, 0.15) is 31.2 Å². The monoisotopic (exact) mass is 270 g/mol. The molecule has 2 aliphatic heterocycles. The Hall–Kier alpha value is -1.20. The van der Waals surface area contributed by atoms with Gasteiger partial charge in [-0.3, -0.25) is 0 Å². The lowest BCUT2D eigenvalue weighted by Gasteiger charge is -2.37. The number of methoxy groups -OCH3 is 1. The molecule has 0 aliphatic carbocycles. The number of benzene rings is 1. The van der Waals surface area contributed by atoms with Crippen molar-refractivity contribution in [3.8, 4) is 5.75 Å². The topological polar surface area (TPSA) is 38.7 Å². The van der Waals surface area contributed by atoms with Gasteiger partial charge in [0, 0.05) is 24.5 Å². The van der Waals surface area contributed by atoms with Crippen LogP contribution in [0.25, 0.3) is 0 Å². The van der Waals surface area contributed by atoms with Crippen molar-refractivity contribution in [2.45, 2.75) is 43.5 Å². The first-order chi connectivity index (χ1) is 9.01. The Kier molecular flexibility index (Phi) is 2.98. The normalized spacial score (nSPS) is 33.5. The summed E-state index contributed by atoms with van der Waals surface area (Å²) in [5.74, 6) is -1.57. The summed E-state index contributed by atoms with van der Waals surface area (Å²) in [6, 6.07) is 1.92. The lowest BCUT2D eigenvalue weighted by atomic mass is 9.83. The third-order valence-electron chi connectivity index (χ3n) is 4.04. The molecule has 1 aromatic rings. The molecule has 1 N–H and O–H groups in total. The fourth-order valence-electron chi connectivity index (χ4n) is 3.25. The fourth-order valence-corrected chi connectivity index (χ4v) is 3.25. The van der Waals surface area contributed by atoms with Crippen molar-refractivity contribution in [3.05, 3.63) is 29.3 Å². The Bertz CT molecular complexity index is 492. The summed E-state index contributed by atoms with van der Waals surface area (Å²) in [5, 5.41) is 10.8. The van der Waals surface area contributed by atoms with E-state index in [9.17, 15) is 13.9 Å². The van der Waals surface area contributed by atoms with Gasteiger partial charge in [-0.2, -0.15) is 0 Å². The smallest absolute Gasteiger partial charge is 0.168 e. The zero-order chi connectivity index (χ0) is 13.6. The van der Waals surface area contributed by atoms with E-state index in [1.165, 1.54) is 7.11 Å². The molecule has 1 aromatic carbocycles. The number of fused-ring (bicyclic) bond motifs is 2.